The maximum atomic E-state index is 13.5. The lowest BCUT2D eigenvalue weighted by Crippen LogP contribution is -2.26. The number of nitrogens with one attached hydrogen (secondary N) is 1. The Hall–Kier alpha value is -1.02. The number of ether oxygens (including phenoxy) is 1. The Morgan fingerprint density at radius 3 is 2.79 bits per heavy atom. The molecule has 0 radical (unpaired) electrons. The van der Waals surface area contributed by atoms with Crippen LogP contribution in [0.4, 0.5) is 4.39 Å². The van der Waals surface area contributed by atoms with Gasteiger partial charge in [0.05, 0.1) is 13.2 Å². The lowest BCUT2D eigenvalue weighted by Gasteiger charge is -2.08. The minimum absolute atomic E-state index is 0.0692. The van der Waals surface area contributed by atoms with Crippen LogP contribution in [0.15, 0.2) is 23.1 Å². The minimum atomic E-state index is -3.84. The summed E-state index contributed by atoms with van der Waals surface area (Å²) in [6.45, 7) is 2.33. The first-order valence-electron chi connectivity index (χ1n) is 5.92. The second-order valence-electron chi connectivity index (χ2n) is 4.02. The fourth-order valence-electron chi connectivity index (χ4n) is 1.44. The minimum Gasteiger partial charge on any atom is -0.394 e. The molecule has 0 bridgehead atoms. The van der Waals surface area contributed by atoms with E-state index in [2.05, 4.69) is 4.72 Å². The second-order valence-corrected chi connectivity index (χ2v) is 5.76. The summed E-state index contributed by atoms with van der Waals surface area (Å²) in [4.78, 5) is -0.344. The summed E-state index contributed by atoms with van der Waals surface area (Å²) < 4.78 is 44.5. The molecule has 0 fully saturated rings. The molecule has 108 valence electrons. The predicted molar refractivity (Wildman–Crippen MR) is 68.8 cm³/mol. The number of hydrogen-bond acceptors (Lipinski definition) is 4. The quantitative estimate of drug-likeness (QED) is 0.695. The van der Waals surface area contributed by atoms with Gasteiger partial charge in [0, 0.05) is 13.2 Å². The molecule has 0 saturated heterocycles. The molecule has 2 N–H and O–H groups in total. The van der Waals surface area contributed by atoms with Crippen LogP contribution in [0, 0.1) is 12.7 Å². The Labute approximate surface area is 112 Å². The van der Waals surface area contributed by atoms with Gasteiger partial charge >= 0.3 is 0 Å². The van der Waals surface area contributed by atoms with Crippen molar-refractivity contribution in [2.45, 2.75) is 18.2 Å². The van der Waals surface area contributed by atoms with Gasteiger partial charge in [-0.2, -0.15) is 0 Å². The number of aryl methyl sites for hydroxylation is 1. The van der Waals surface area contributed by atoms with Crippen LogP contribution in [-0.4, -0.2) is 39.9 Å². The van der Waals surface area contributed by atoms with Crippen molar-refractivity contribution in [3.63, 3.8) is 0 Å². The van der Waals surface area contributed by atoms with Gasteiger partial charge in [0.1, 0.15) is 10.7 Å². The van der Waals surface area contributed by atoms with Gasteiger partial charge < -0.3 is 9.84 Å². The Morgan fingerprint density at radius 1 is 1.37 bits per heavy atom. The third-order valence-electron chi connectivity index (χ3n) is 2.37. The maximum Gasteiger partial charge on any atom is 0.243 e. The Morgan fingerprint density at radius 2 is 2.11 bits per heavy atom. The van der Waals surface area contributed by atoms with Gasteiger partial charge in [-0.15, -0.1) is 0 Å². The van der Waals surface area contributed by atoms with Crippen LogP contribution in [-0.2, 0) is 14.8 Å². The molecule has 1 rings (SSSR count). The lowest BCUT2D eigenvalue weighted by molar-refractivity contribution is 0.0913. The summed E-state index contributed by atoms with van der Waals surface area (Å²) in [5, 5.41) is 8.48. The number of hydrogen-bond donors (Lipinski definition) is 2. The van der Waals surface area contributed by atoms with Crippen LogP contribution >= 0.6 is 0 Å². The molecule has 0 atom stereocenters. The zero-order chi connectivity index (χ0) is 14.3. The van der Waals surface area contributed by atoms with Crippen LogP contribution in [0.5, 0.6) is 0 Å². The number of rotatable bonds is 8. The van der Waals surface area contributed by atoms with E-state index in [0.29, 0.717) is 18.6 Å². The monoisotopic (exact) mass is 291 g/mol. The highest BCUT2D eigenvalue weighted by atomic mass is 32.2. The lowest BCUT2D eigenvalue weighted by atomic mass is 10.2. The average Bonchev–Trinajstić information content (AvgIpc) is 2.36. The molecule has 0 aliphatic rings. The molecule has 19 heavy (non-hydrogen) atoms. The zero-order valence-electron chi connectivity index (χ0n) is 10.7. The molecule has 1 aromatic carbocycles. The van der Waals surface area contributed by atoms with Crippen molar-refractivity contribution in [1.82, 2.24) is 4.72 Å². The van der Waals surface area contributed by atoms with Crippen molar-refractivity contribution in [2.75, 3.05) is 26.4 Å². The number of aliphatic hydroxyl groups is 1. The second kappa shape index (κ2) is 7.54. The van der Waals surface area contributed by atoms with Crippen molar-refractivity contribution in [3.05, 3.63) is 29.6 Å². The first kappa shape index (κ1) is 16.0. The summed E-state index contributed by atoms with van der Waals surface area (Å²) in [5.74, 6) is -0.769. The largest absolute Gasteiger partial charge is 0.394 e. The number of aliphatic hydroxyl groups excluding tert-OH is 1. The fraction of sp³-hybridized carbons (Fsp3) is 0.500. The van der Waals surface area contributed by atoms with Crippen molar-refractivity contribution in [1.29, 1.82) is 0 Å². The Bertz CT molecular complexity index is 504. The SMILES string of the molecule is Cc1ccc(F)c(S(=O)(=O)NCCCOCCO)c1. The molecule has 0 amide bonds. The van der Waals surface area contributed by atoms with Gasteiger partial charge in [-0.1, -0.05) is 6.07 Å². The molecule has 0 spiro atoms. The molecule has 0 heterocycles. The normalized spacial score (nSPS) is 11.7. The van der Waals surface area contributed by atoms with Crippen LogP contribution in [0.3, 0.4) is 0 Å². The average molecular weight is 291 g/mol. The van der Waals surface area contributed by atoms with E-state index in [4.69, 9.17) is 9.84 Å². The highest BCUT2D eigenvalue weighted by Gasteiger charge is 2.18. The maximum absolute atomic E-state index is 13.5. The third-order valence-corrected chi connectivity index (χ3v) is 3.85. The molecule has 0 unspecified atom stereocenters. The molecule has 0 aliphatic heterocycles. The van der Waals surface area contributed by atoms with E-state index in [0.717, 1.165) is 6.07 Å². The van der Waals surface area contributed by atoms with Crippen LogP contribution in [0.1, 0.15) is 12.0 Å². The van der Waals surface area contributed by atoms with E-state index in [-0.39, 0.29) is 24.7 Å². The van der Waals surface area contributed by atoms with Gasteiger partial charge in [-0.05, 0) is 31.0 Å². The molecular weight excluding hydrogens is 273 g/mol. The zero-order valence-corrected chi connectivity index (χ0v) is 11.5. The third kappa shape index (κ3) is 5.23. The molecule has 0 aliphatic carbocycles. The van der Waals surface area contributed by atoms with Crippen molar-refractivity contribution in [3.8, 4) is 0 Å². The van der Waals surface area contributed by atoms with E-state index in [1.54, 1.807) is 6.92 Å². The molecular formula is C12H18FNO4S. The standard InChI is InChI=1S/C12H18FNO4S/c1-10-3-4-11(13)12(9-10)19(16,17)14-5-2-7-18-8-6-15/h3-4,9,14-15H,2,5-8H2,1H3. The Kier molecular flexibility index (Phi) is 6.36. The number of halogens is 1. The summed E-state index contributed by atoms with van der Waals surface area (Å²) >= 11 is 0. The molecule has 0 saturated carbocycles. The van der Waals surface area contributed by atoms with Crippen LogP contribution in [0.2, 0.25) is 0 Å². The van der Waals surface area contributed by atoms with Crippen molar-refractivity contribution >= 4 is 10.0 Å². The van der Waals surface area contributed by atoms with E-state index < -0.39 is 15.8 Å². The molecule has 5 nitrogen and oxygen atoms in total. The van der Waals surface area contributed by atoms with Crippen LogP contribution in [0.25, 0.3) is 0 Å². The Balaban J connectivity index is 2.54. The van der Waals surface area contributed by atoms with Crippen molar-refractivity contribution in [2.24, 2.45) is 0 Å². The number of benzene rings is 1. The smallest absolute Gasteiger partial charge is 0.243 e. The summed E-state index contributed by atoms with van der Waals surface area (Å²) in [6.07, 6.45) is 0.451. The van der Waals surface area contributed by atoms with E-state index in [1.165, 1.54) is 12.1 Å². The highest BCUT2D eigenvalue weighted by Crippen LogP contribution is 2.15. The van der Waals surface area contributed by atoms with Gasteiger partial charge in [-0.25, -0.2) is 17.5 Å². The summed E-state index contributed by atoms with van der Waals surface area (Å²) in [7, 11) is -3.84. The van der Waals surface area contributed by atoms with Crippen molar-refractivity contribution < 1.29 is 22.7 Å². The van der Waals surface area contributed by atoms with Crippen LogP contribution < -0.4 is 4.72 Å². The van der Waals surface area contributed by atoms with E-state index in [9.17, 15) is 12.8 Å². The molecule has 0 aromatic heterocycles. The van der Waals surface area contributed by atoms with Gasteiger partial charge in [-0.3, -0.25) is 0 Å². The topological polar surface area (TPSA) is 75.6 Å². The fourth-order valence-corrected chi connectivity index (χ4v) is 2.68. The van der Waals surface area contributed by atoms with E-state index >= 15 is 0 Å². The molecule has 1 aromatic rings. The first-order valence-corrected chi connectivity index (χ1v) is 7.40. The molecule has 7 heteroatoms. The first-order chi connectivity index (χ1) is 8.97. The highest BCUT2D eigenvalue weighted by molar-refractivity contribution is 7.89. The van der Waals surface area contributed by atoms with E-state index in [1.807, 2.05) is 0 Å². The summed E-state index contributed by atoms with van der Waals surface area (Å²) in [6, 6.07) is 3.94. The van der Waals surface area contributed by atoms with Gasteiger partial charge in [0.25, 0.3) is 0 Å². The van der Waals surface area contributed by atoms with Gasteiger partial charge in [0.15, 0.2) is 0 Å². The predicted octanol–water partition coefficient (Wildman–Crippen LogP) is 0.811. The summed E-state index contributed by atoms with van der Waals surface area (Å²) in [5.41, 5.74) is 0.674. The van der Waals surface area contributed by atoms with Gasteiger partial charge in [0.2, 0.25) is 10.0 Å². The number of sulfonamides is 1.